The first-order valence-corrected chi connectivity index (χ1v) is 9.19. The number of benzene rings is 1. The van der Waals surface area contributed by atoms with Crippen LogP contribution in [0.4, 0.5) is 5.69 Å². The van der Waals surface area contributed by atoms with Crippen molar-refractivity contribution in [3.8, 4) is 5.75 Å². The molecule has 0 aromatic heterocycles. The number of anilines is 1. The third-order valence-corrected chi connectivity index (χ3v) is 4.89. The Balaban J connectivity index is 2.23. The lowest BCUT2D eigenvalue weighted by atomic mass is 9.88. The van der Waals surface area contributed by atoms with E-state index in [9.17, 15) is 9.59 Å². The number of nitrogens with one attached hydrogen (secondary N) is 1. The van der Waals surface area contributed by atoms with E-state index in [0.717, 1.165) is 32.1 Å². The van der Waals surface area contributed by atoms with Crippen molar-refractivity contribution >= 4 is 17.6 Å². The van der Waals surface area contributed by atoms with Crippen LogP contribution in [0.25, 0.3) is 0 Å². The van der Waals surface area contributed by atoms with Crippen molar-refractivity contribution in [1.82, 2.24) is 0 Å². The second-order valence-electron chi connectivity index (χ2n) is 6.99. The molecule has 0 radical (unpaired) electrons. The third-order valence-electron chi connectivity index (χ3n) is 4.89. The van der Waals surface area contributed by atoms with E-state index in [1.807, 2.05) is 20.8 Å². The predicted molar refractivity (Wildman–Crippen MR) is 98.0 cm³/mol. The molecule has 1 aliphatic carbocycles. The van der Waals surface area contributed by atoms with Gasteiger partial charge in [-0.15, -0.1) is 0 Å². The molecule has 2 rings (SSSR count). The van der Waals surface area contributed by atoms with Gasteiger partial charge in [0.25, 0.3) is 0 Å². The lowest BCUT2D eigenvalue weighted by Crippen LogP contribution is -2.30. The van der Waals surface area contributed by atoms with E-state index in [2.05, 4.69) is 5.32 Å². The largest absolute Gasteiger partial charge is 0.490 e. The Labute approximate surface area is 150 Å². The maximum absolute atomic E-state index is 12.6. The summed E-state index contributed by atoms with van der Waals surface area (Å²) >= 11 is 0. The van der Waals surface area contributed by atoms with E-state index < -0.39 is 5.97 Å². The summed E-state index contributed by atoms with van der Waals surface area (Å²) in [5, 5.41) is 2.95. The highest BCUT2D eigenvalue weighted by molar-refractivity contribution is 5.98. The zero-order valence-corrected chi connectivity index (χ0v) is 15.7. The van der Waals surface area contributed by atoms with Crippen LogP contribution < -0.4 is 10.1 Å². The fourth-order valence-electron chi connectivity index (χ4n) is 3.04. The van der Waals surface area contributed by atoms with Crippen molar-refractivity contribution in [2.75, 3.05) is 11.9 Å². The van der Waals surface area contributed by atoms with E-state index >= 15 is 0 Å². The van der Waals surface area contributed by atoms with Gasteiger partial charge in [-0.2, -0.15) is 0 Å². The highest BCUT2D eigenvalue weighted by Crippen LogP contribution is 2.38. The van der Waals surface area contributed by atoms with Crippen molar-refractivity contribution < 1.29 is 19.1 Å². The topological polar surface area (TPSA) is 64.6 Å². The van der Waals surface area contributed by atoms with Crippen LogP contribution >= 0.6 is 0 Å². The van der Waals surface area contributed by atoms with Gasteiger partial charge in [-0.1, -0.05) is 26.7 Å². The van der Waals surface area contributed by atoms with Crippen LogP contribution in [0.3, 0.4) is 0 Å². The quantitative estimate of drug-likeness (QED) is 0.734. The van der Waals surface area contributed by atoms with Crippen molar-refractivity contribution in [1.29, 1.82) is 0 Å². The van der Waals surface area contributed by atoms with Crippen LogP contribution in [0.2, 0.25) is 0 Å². The van der Waals surface area contributed by atoms with Crippen molar-refractivity contribution in [3.05, 3.63) is 23.8 Å². The molecule has 0 heterocycles. The molecule has 25 heavy (non-hydrogen) atoms. The van der Waals surface area contributed by atoms with Gasteiger partial charge in [-0.3, -0.25) is 4.79 Å². The molecule has 0 bridgehead atoms. The van der Waals surface area contributed by atoms with E-state index in [1.165, 1.54) is 0 Å². The van der Waals surface area contributed by atoms with Crippen LogP contribution in [-0.4, -0.2) is 24.6 Å². The van der Waals surface area contributed by atoms with Crippen molar-refractivity contribution in [3.63, 3.8) is 0 Å². The molecule has 0 unspecified atom stereocenters. The molecule has 138 valence electrons. The molecule has 1 aromatic rings. The molecule has 1 N–H and O–H groups in total. The van der Waals surface area contributed by atoms with Crippen LogP contribution in [0.1, 0.15) is 70.2 Å². The Morgan fingerprint density at radius 2 is 1.92 bits per heavy atom. The molecule has 5 nitrogen and oxygen atoms in total. The summed E-state index contributed by atoms with van der Waals surface area (Å²) < 4.78 is 11.0. The van der Waals surface area contributed by atoms with Gasteiger partial charge in [0.1, 0.15) is 11.3 Å². The molecular formula is C20H29NO4. The van der Waals surface area contributed by atoms with Crippen molar-refractivity contribution in [2.45, 2.75) is 65.9 Å². The molecule has 1 saturated carbocycles. The number of ether oxygens (including phenoxy) is 2. The predicted octanol–water partition coefficient (Wildman–Crippen LogP) is 4.56. The molecule has 1 aromatic carbocycles. The second kappa shape index (κ2) is 8.37. The van der Waals surface area contributed by atoms with Gasteiger partial charge in [0.2, 0.25) is 5.91 Å². The Morgan fingerprint density at radius 3 is 2.52 bits per heavy atom. The number of amides is 1. The normalized spacial score (nSPS) is 17.0. The van der Waals surface area contributed by atoms with E-state index in [0.29, 0.717) is 17.0 Å². The Kier molecular flexibility index (Phi) is 6.45. The summed E-state index contributed by atoms with van der Waals surface area (Å²) in [5.41, 5.74) is 0.616. The maximum Gasteiger partial charge on any atom is 0.341 e. The smallest absolute Gasteiger partial charge is 0.341 e. The monoisotopic (exact) mass is 347 g/mol. The summed E-state index contributed by atoms with van der Waals surface area (Å²) in [5.74, 6) is 0.0530. The molecular weight excluding hydrogens is 318 g/mol. The van der Waals surface area contributed by atoms with Crippen molar-refractivity contribution in [2.24, 2.45) is 5.41 Å². The first-order chi connectivity index (χ1) is 11.9. The standard InChI is InChI=1S/C20H29NO4/c1-5-14(3)25-17-10-9-15(13-16(17)18(22)24-6-2)21-19(23)20(4)11-7-8-12-20/h9-10,13-14H,5-8,11-12H2,1-4H3,(H,21,23)/t14-/m0/s1. The summed E-state index contributed by atoms with van der Waals surface area (Å²) in [6.07, 6.45) is 4.79. The minimum Gasteiger partial charge on any atom is -0.490 e. The summed E-state index contributed by atoms with van der Waals surface area (Å²) in [6, 6.07) is 5.15. The average Bonchev–Trinajstić information content (AvgIpc) is 3.04. The average molecular weight is 347 g/mol. The first kappa shape index (κ1) is 19.3. The van der Waals surface area contributed by atoms with Gasteiger partial charge in [0.15, 0.2) is 0 Å². The van der Waals surface area contributed by atoms with Crippen LogP contribution in [0.15, 0.2) is 18.2 Å². The summed E-state index contributed by atoms with van der Waals surface area (Å²) in [7, 11) is 0. The molecule has 5 heteroatoms. The Hall–Kier alpha value is -2.04. The molecule has 1 aliphatic rings. The summed E-state index contributed by atoms with van der Waals surface area (Å²) in [6.45, 7) is 8.02. The van der Waals surface area contributed by atoms with Crippen LogP contribution in [0.5, 0.6) is 5.75 Å². The molecule has 1 fully saturated rings. The number of carbonyl (C=O) groups excluding carboxylic acids is 2. The van der Waals surface area contributed by atoms with Crippen LogP contribution in [0, 0.1) is 5.41 Å². The van der Waals surface area contributed by atoms with Gasteiger partial charge in [-0.25, -0.2) is 4.79 Å². The van der Waals surface area contributed by atoms with E-state index in [-0.39, 0.29) is 24.0 Å². The zero-order chi connectivity index (χ0) is 18.4. The fourth-order valence-corrected chi connectivity index (χ4v) is 3.04. The van der Waals surface area contributed by atoms with Crippen LogP contribution in [-0.2, 0) is 9.53 Å². The highest BCUT2D eigenvalue weighted by Gasteiger charge is 2.36. The number of esters is 1. The number of rotatable bonds is 7. The fraction of sp³-hybridized carbons (Fsp3) is 0.600. The lowest BCUT2D eigenvalue weighted by molar-refractivity contribution is -0.124. The third kappa shape index (κ3) is 4.74. The lowest BCUT2D eigenvalue weighted by Gasteiger charge is -2.23. The first-order valence-electron chi connectivity index (χ1n) is 9.19. The minimum atomic E-state index is -0.441. The van der Waals surface area contributed by atoms with E-state index in [1.54, 1.807) is 25.1 Å². The van der Waals surface area contributed by atoms with Gasteiger partial charge >= 0.3 is 5.97 Å². The zero-order valence-electron chi connectivity index (χ0n) is 15.7. The maximum atomic E-state index is 12.6. The Bertz CT molecular complexity index is 620. The van der Waals surface area contributed by atoms with Gasteiger partial charge in [0, 0.05) is 11.1 Å². The number of hydrogen-bond donors (Lipinski definition) is 1. The molecule has 1 amide bonds. The molecule has 0 spiro atoms. The van der Waals surface area contributed by atoms with E-state index in [4.69, 9.17) is 9.47 Å². The second-order valence-corrected chi connectivity index (χ2v) is 6.99. The molecule has 1 atom stereocenters. The number of carbonyl (C=O) groups is 2. The minimum absolute atomic E-state index is 0.00832. The molecule has 0 saturated heterocycles. The summed E-state index contributed by atoms with van der Waals surface area (Å²) in [4.78, 5) is 24.9. The Morgan fingerprint density at radius 1 is 1.24 bits per heavy atom. The molecule has 0 aliphatic heterocycles. The van der Waals surface area contributed by atoms with Gasteiger partial charge in [-0.05, 0) is 51.3 Å². The van der Waals surface area contributed by atoms with Gasteiger partial charge < -0.3 is 14.8 Å². The van der Waals surface area contributed by atoms with Gasteiger partial charge in [0.05, 0.1) is 12.7 Å². The SMILES string of the molecule is CCOC(=O)c1cc(NC(=O)C2(C)CCCC2)ccc1O[C@@H](C)CC. The number of hydrogen-bond acceptors (Lipinski definition) is 4. The highest BCUT2D eigenvalue weighted by atomic mass is 16.5.